The third-order valence-corrected chi connectivity index (χ3v) is 10.6. The molecular weight excluding hydrogens is 634 g/mol. The van der Waals surface area contributed by atoms with E-state index in [2.05, 4.69) is 25.7 Å². The molecule has 6 heteroatoms. The molecule has 0 aromatic carbocycles. The van der Waals surface area contributed by atoms with Crippen LogP contribution in [0.3, 0.4) is 0 Å². The van der Waals surface area contributed by atoms with Crippen LogP contribution >= 0.6 is 0 Å². The Labute approximate surface area is 319 Å². The fourth-order valence-corrected chi connectivity index (χ4v) is 7.15. The number of carbonyl (C=O) groups is 1. The number of carbonyl (C=O) groups excluding carboxylic acids is 1. The summed E-state index contributed by atoms with van der Waals surface area (Å²) >= 11 is 0. The maximum Gasteiger partial charge on any atom is 0.306 e. The lowest BCUT2D eigenvalue weighted by Gasteiger charge is -2.21. The van der Waals surface area contributed by atoms with Gasteiger partial charge in [-0.1, -0.05) is 168 Å². The van der Waals surface area contributed by atoms with Gasteiger partial charge in [-0.05, 0) is 77.3 Å². The van der Waals surface area contributed by atoms with Crippen molar-refractivity contribution in [3.63, 3.8) is 0 Å². The molecule has 0 heterocycles. The minimum absolute atomic E-state index is 0.0198. The van der Waals surface area contributed by atoms with Gasteiger partial charge in [-0.15, -0.1) is 0 Å². The molecule has 0 fully saturated rings. The highest BCUT2D eigenvalue weighted by atomic mass is 16.6. The third kappa shape index (κ3) is 38.8. The van der Waals surface area contributed by atoms with Crippen molar-refractivity contribution >= 4 is 5.97 Å². The molecule has 0 amide bonds. The summed E-state index contributed by atoms with van der Waals surface area (Å²) in [7, 11) is 0. The molecule has 0 rings (SSSR count). The SMILES string of the molecule is CCCCCCCCCOC(O)CCCCCCCN(CCO)CCCCCCCC(=O)OC(CCCCCCCC)CCCCCCCCC. The first-order chi connectivity index (χ1) is 25.1. The summed E-state index contributed by atoms with van der Waals surface area (Å²) in [6, 6.07) is 0. The van der Waals surface area contributed by atoms with Gasteiger partial charge in [0, 0.05) is 19.6 Å². The lowest BCUT2D eigenvalue weighted by Crippen LogP contribution is -2.29. The Bertz CT molecular complexity index is 677. The highest BCUT2D eigenvalue weighted by Crippen LogP contribution is 2.19. The average molecular weight is 726 g/mol. The zero-order valence-electron chi connectivity index (χ0n) is 34.8. The van der Waals surface area contributed by atoms with E-state index in [1.165, 1.54) is 141 Å². The van der Waals surface area contributed by atoms with Gasteiger partial charge < -0.3 is 24.6 Å². The zero-order valence-corrected chi connectivity index (χ0v) is 34.8. The predicted molar refractivity (Wildman–Crippen MR) is 219 cm³/mol. The van der Waals surface area contributed by atoms with Gasteiger partial charge in [0.05, 0.1) is 6.61 Å². The van der Waals surface area contributed by atoms with Crippen LogP contribution in [0.15, 0.2) is 0 Å². The largest absolute Gasteiger partial charge is 0.462 e. The fourth-order valence-electron chi connectivity index (χ4n) is 7.15. The molecule has 0 saturated carbocycles. The number of aliphatic hydroxyl groups excluding tert-OH is 2. The van der Waals surface area contributed by atoms with Gasteiger partial charge in [0.1, 0.15) is 6.10 Å². The van der Waals surface area contributed by atoms with Crippen LogP contribution in [0.25, 0.3) is 0 Å². The summed E-state index contributed by atoms with van der Waals surface area (Å²) in [4.78, 5) is 15.1. The minimum atomic E-state index is -0.601. The molecule has 306 valence electrons. The van der Waals surface area contributed by atoms with Crippen molar-refractivity contribution in [1.82, 2.24) is 4.90 Å². The van der Waals surface area contributed by atoms with Crippen LogP contribution in [0.2, 0.25) is 0 Å². The van der Waals surface area contributed by atoms with E-state index in [-0.39, 0.29) is 18.7 Å². The average Bonchev–Trinajstić information content (AvgIpc) is 3.12. The van der Waals surface area contributed by atoms with Crippen molar-refractivity contribution in [3.05, 3.63) is 0 Å². The molecule has 51 heavy (non-hydrogen) atoms. The molecule has 0 aliphatic rings. The standard InChI is InChI=1S/C45H91NO5/c1-4-7-10-13-16-21-28-35-43(34-27-20-15-12-9-6-3)51-45(49)37-30-23-19-25-32-39-46(40-41-47)38-31-24-18-22-29-36-44(48)50-42-33-26-17-14-11-8-5-2/h43-44,47-48H,4-42H2,1-3H3. The summed E-state index contributed by atoms with van der Waals surface area (Å²) in [5.74, 6) is 0.0198. The van der Waals surface area contributed by atoms with Crippen LogP contribution < -0.4 is 0 Å². The number of hydrogen-bond donors (Lipinski definition) is 2. The molecule has 0 aromatic heterocycles. The van der Waals surface area contributed by atoms with E-state index < -0.39 is 6.29 Å². The normalized spacial score (nSPS) is 12.9. The Morgan fingerprint density at radius 2 is 0.882 bits per heavy atom. The van der Waals surface area contributed by atoms with Gasteiger partial charge in [0.2, 0.25) is 0 Å². The van der Waals surface area contributed by atoms with Crippen molar-refractivity contribution in [2.24, 2.45) is 0 Å². The number of esters is 1. The van der Waals surface area contributed by atoms with Crippen LogP contribution in [-0.2, 0) is 14.3 Å². The predicted octanol–water partition coefficient (Wildman–Crippen LogP) is 12.9. The Morgan fingerprint density at radius 1 is 0.490 bits per heavy atom. The number of ether oxygens (including phenoxy) is 2. The van der Waals surface area contributed by atoms with E-state index in [1.54, 1.807) is 0 Å². The minimum Gasteiger partial charge on any atom is -0.462 e. The van der Waals surface area contributed by atoms with Crippen LogP contribution in [0.4, 0.5) is 0 Å². The third-order valence-electron chi connectivity index (χ3n) is 10.6. The summed E-state index contributed by atoms with van der Waals surface area (Å²) in [5.41, 5.74) is 0. The topological polar surface area (TPSA) is 79.2 Å². The number of unbranched alkanes of at least 4 members (excludes halogenated alkanes) is 25. The molecule has 2 atom stereocenters. The van der Waals surface area contributed by atoms with Crippen molar-refractivity contribution in [2.45, 2.75) is 251 Å². The van der Waals surface area contributed by atoms with Gasteiger partial charge in [-0.2, -0.15) is 0 Å². The fraction of sp³-hybridized carbons (Fsp3) is 0.978. The second-order valence-corrected chi connectivity index (χ2v) is 15.7. The molecule has 0 spiro atoms. The summed E-state index contributed by atoms with van der Waals surface area (Å²) in [5, 5.41) is 19.7. The van der Waals surface area contributed by atoms with Gasteiger partial charge >= 0.3 is 5.97 Å². The lowest BCUT2D eigenvalue weighted by atomic mass is 10.0. The maximum absolute atomic E-state index is 12.7. The number of aliphatic hydroxyl groups is 2. The monoisotopic (exact) mass is 726 g/mol. The first-order valence-electron chi connectivity index (χ1n) is 22.9. The molecule has 2 unspecified atom stereocenters. The Morgan fingerprint density at radius 3 is 1.35 bits per heavy atom. The lowest BCUT2D eigenvalue weighted by molar-refractivity contribution is -0.150. The van der Waals surface area contributed by atoms with Crippen LogP contribution in [0, 0.1) is 0 Å². The first-order valence-corrected chi connectivity index (χ1v) is 22.9. The Balaban J connectivity index is 3.96. The van der Waals surface area contributed by atoms with Crippen LogP contribution in [0.5, 0.6) is 0 Å². The molecule has 0 radical (unpaired) electrons. The van der Waals surface area contributed by atoms with Gasteiger partial charge in [0.25, 0.3) is 0 Å². The molecule has 0 saturated heterocycles. The van der Waals surface area contributed by atoms with Crippen molar-refractivity contribution in [1.29, 1.82) is 0 Å². The molecule has 0 aliphatic heterocycles. The van der Waals surface area contributed by atoms with E-state index in [0.29, 0.717) is 13.0 Å². The van der Waals surface area contributed by atoms with Crippen LogP contribution in [-0.4, -0.2) is 66.3 Å². The van der Waals surface area contributed by atoms with E-state index in [0.717, 1.165) is 90.3 Å². The van der Waals surface area contributed by atoms with E-state index in [9.17, 15) is 15.0 Å². The molecular formula is C45H91NO5. The van der Waals surface area contributed by atoms with Crippen LogP contribution in [0.1, 0.15) is 239 Å². The summed E-state index contributed by atoms with van der Waals surface area (Å²) in [6.07, 6.45) is 39.9. The van der Waals surface area contributed by atoms with E-state index >= 15 is 0 Å². The molecule has 6 nitrogen and oxygen atoms in total. The highest BCUT2D eigenvalue weighted by Gasteiger charge is 2.14. The number of nitrogens with zero attached hydrogens (tertiary/aromatic N) is 1. The molecule has 0 aliphatic carbocycles. The molecule has 2 N–H and O–H groups in total. The molecule has 0 aromatic rings. The quantitative estimate of drug-likeness (QED) is 0.0370. The van der Waals surface area contributed by atoms with Crippen molar-refractivity contribution in [2.75, 3.05) is 32.8 Å². The second-order valence-electron chi connectivity index (χ2n) is 15.7. The van der Waals surface area contributed by atoms with E-state index in [1.807, 2.05) is 0 Å². The first kappa shape index (κ1) is 50.3. The highest BCUT2D eigenvalue weighted by molar-refractivity contribution is 5.69. The van der Waals surface area contributed by atoms with Gasteiger partial charge in [-0.25, -0.2) is 0 Å². The Kier molecular flexibility index (Phi) is 41.5. The van der Waals surface area contributed by atoms with Gasteiger partial charge in [-0.3, -0.25) is 4.79 Å². The van der Waals surface area contributed by atoms with Crippen molar-refractivity contribution in [3.8, 4) is 0 Å². The molecule has 0 bridgehead atoms. The second kappa shape index (κ2) is 42.1. The summed E-state index contributed by atoms with van der Waals surface area (Å²) < 4.78 is 11.6. The van der Waals surface area contributed by atoms with Gasteiger partial charge in [0.15, 0.2) is 6.29 Å². The Hall–Kier alpha value is -0.690. The summed E-state index contributed by atoms with van der Waals surface area (Å²) in [6.45, 7) is 10.5. The number of rotatable bonds is 43. The van der Waals surface area contributed by atoms with Crippen molar-refractivity contribution < 1.29 is 24.5 Å². The smallest absolute Gasteiger partial charge is 0.306 e. The van der Waals surface area contributed by atoms with E-state index in [4.69, 9.17) is 9.47 Å². The number of hydrogen-bond acceptors (Lipinski definition) is 6. The zero-order chi connectivity index (χ0) is 37.3. The maximum atomic E-state index is 12.7.